The second kappa shape index (κ2) is 4.53. The van der Waals surface area contributed by atoms with Crippen LogP contribution in [0, 0.1) is 0 Å². The molecule has 0 aliphatic heterocycles. The number of carbonyl (C=O) groups excluding carboxylic acids is 1. The highest BCUT2D eigenvalue weighted by Gasteiger charge is 2.09. The fraction of sp³-hybridized carbons (Fsp3) is 0.364. The summed E-state index contributed by atoms with van der Waals surface area (Å²) in [7, 11) is 2.26. The molecule has 0 spiro atoms. The van der Waals surface area contributed by atoms with E-state index in [9.17, 15) is 4.79 Å². The first-order valence-electron chi connectivity index (χ1n) is 4.61. The maximum Gasteiger partial charge on any atom is 0.178 e. The predicted molar refractivity (Wildman–Crippen MR) is 59.2 cm³/mol. The van der Waals surface area contributed by atoms with Gasteiger partial charge in [-0.1, -0.05) is 41.3 Å². The zero-order valence-electron chi connectivity index (χ0n) is 8.13. The summed E-state index contributed by atoms with van der Waals surface area (Å²) >= 11 is 0. The molecule has 0 amide bonds. The Morgan fingerprint density at radius 1 is 1.23 bits per heavy atom. The molecular formula is C11H15OP. The number of benzene rings is 1. The molecule has 1 unspecified atom stereocenters. The van der Waals surface area contributed by atoms with Gasteiger partial charge in [-0.2, -0.15) is 0 Å². The van der Waals surface area contributed by atoms with Crippen molar-refractivity contribution >= 4 is 14.8 Å². The Bertz CT molecular complexity index is 296. The van der Waals surface area contributed by atoms with E-state index in [-0.39, 0.29) is 5.52 Å². The van der Waals surface area contributed by atoms with Crippen molar-refractivity contribution < 1.29 is 4.79 Å². The molecule has 0 aliphatic rings. The topological polar surface area (TPSA) is 17.1 Å². The molecule has 0 radical (unpaired) electrons. The minimum absolute atomic E-state index is 0.106. The van der Waals surface area contributed by atoms with Crippen LogP contribution in [0.5, 0.6) is 0 Å². The van der Waals surface area contributed by atoms with E-state index in [0.717, 1.165) is 29.5 Å². The molecule has 70 valence electrons. The highest BCUT2D eigenvalue weighted by Crippen LogP contribution is 2.19. The molecule has 2 heteroatoms. The van der Waals surface area contributed by atoms with Gasteiger partial charge in [0, 0.05) is 5.56 Å². The van der Waals surface area contributed by atoms with Crippen LogP contribution >= 0.6 is 9.24 Å². The standard InChI is InChI=1S/C11H15OP/c1-3-8-6-5-7-9(4-2)10(8)11(12)13/h5-7H,3-4,13H2,1-2H3. The second-order valence-corrected chi connectivity index (χ2v) is 3.55. The molecule has 1 aromatic rings. The van der Waals surface area contributed by atoms with Gasteiger partial charge in [0.1, 0.15) is 0 Å². The van der Waals surface area contributed by atoms with Crippen LogP contribution in [0.2, 0.25) is 0 Å². The van der Waals surface area contributed by atoms with E-state index >= 15 is 0 Å². The summed E-state index contributed by atoms with van der Waals surface area (Å²) < 4.78 is 0. The van der Waals surface area contributed by atoms with Crippen molar-refractivity contribution in [3.8, 4) is 0 Å². The van der Waals surface area contributed by atoms with E-state index in [1.807, 2.05) is 18.2 Å². The van der Waals surface area contributed by atoms with Crippen LogP contribution in [0.25, 0.3) is 0 Å². The minimum atomic E-state index is 0.106. The van der Waals surface area contributed by atoms with Crippen LogP contribution < -0.4 is 0 Å². The number of hydrogen-bond acceptors (Lipinski definition) is 1. The van der Waals surface area contributed by atoms with Gasteiger partial charge in [-0.3, -0.25) is 4.79 Å². The third-order valence-electron chi connectivity index (χ3n) is 2.25. The Morgan fingerprint density at radius 3 is 2.00 bits per heavy atom. The van der Waals surface area contributed by atoms with Crippen molar-refractivity contribution in [2.75, 3.05) is 0 Å². The number of hydrogen-bond donors (Lipinski definition) is 0. The Morgan fingerprint density at radius 2 is 1.69 bits per heavy atom. The van der Waals surface area contributed by atoms with Crippen LogP contribution in [0.15, 0.2) is 18.2 Å². The van der Waals surface area contributed by atoms with E-state index < -0.39 is 0 Å². The fourth-order valence-electron chi connectivity index (χ4n) is 1.56. The Hall–Kier alpha value is -0.680. The second-order valence-electron chi connectivity index (χ2n) is 3.02. The van der Waals surface area contributed by atoms with E-state index in [1.165, 1.54) is 0 Å². The minimum Gasteiger partial charge on any atom is -0.290 e. The summed E-state index contributed by atoms with van der Waals surface area (Å²) in [5.41, 5.74) is 3.31. The van der Waals surface area contributed by atoms with Crippen molar-refractivity contribution in [3.63, 3.8) is 0 Å². The monoisotopic (exact) mass is 194 g/mol. The Kier molecular flexibility index (Phi) is 3.62. The van der Waals surface area contributed by atoms with Crippen molar-refractivity contribution in [1.29, 1.82) is 0 Å². The maximum absolute atomic E-state index is 11.4. The lowest BCUT2D eigenvalue weighted by Gasteiger charge is -2.09. The summed E-state index contributed by atoms with van der Waals surface area (Å²) in [4.78, 5) is 11.4. The smallest absolute Gasteiger partial charge is 0.178 e. The first-order valence-corrected chi connectivity index (χ1v) is 5.19. The molecule has 0 aromatic heterocycles. The molecule has 0 saturated heterocycles. The van der Waals surface area contributed by atoms with E-state index in [1.54, 1.807) is 0 Å². The fourth-order valence-corrected chi connectivity index (χ4v) is 1.93. The van der Waals surface area contributed by atoms with E-state index in [4.69, 9.17) is 0 Å². The number of rotatable bonds is 3. The van der Waals surface area contributed by atoms with Gasteiger partial charge in [0.2, 0.25) is 0 Å². The lowest BCUT2D eigenvalue weighted by Crippen LogP contribution is -2.01. The van der Waals surface area contributed by atoms with Gasteiger partial charge < -0.3 is 0 Å². The molecule has 0 N–H and O–H groups in total. The van der Waals surface area contributed by atoms with Crippen LogP contribution in [0.4, 0.5) is 0 Å². The average molecular weight is 194 g/mol. The van der Waals surface area contributed by atoms with Gasteiger partial charge in [0.05, 0.1) is 0 Å². The quantitative estimate of drug-likeness (QED) is 0.676. The predicted octanol–water partition coefficient (Wildman–Crippen LogP) is 2.83. The SMILES string of the molecule is CCc1cccc(CC)c1C(=O)P. The van der Waals surface area contributed by atoms with Gasteiger partial charge in [-0.15, -0.1) is 0 Å². The lowest BCUT2D eigenvalue weighted by atomic mass is 9.98. The summed E-state index contributed by atoms with van der Waals surface area (Å²) in [6, 6.07) is 6.07. The molecule has 0 fully saturated rings. The average Bonchev–Trinajstić information content (AvgIpc) is 2.16. The summed E-state index contributed by atoms with van der Waals surface area (Å²) in [6.45, 7) is 4.15. The van der Waals surface area contributed by atoms with Gasteiger partial charge in [-0.25, -0.2) is 0 Å². The molecule has 0 bridgehead atoms. The molecule has 1 nitrogen and oxygen atoms in total. The van der Waals surface area contributed by atoms with Crippen molar-refractivity contribution in [2.45, 2.75) is 26.7 Å². The number of aryl methyl sites for hydroxylation is 2. The number of carbonyl (C=O) groups is 1. The highest BCUT2D eigenvalue weighted by atomic mass is 31.0. The molecule has 1 aromatic carbocycles. The van der Waals surface area contributed by atoms with E-state index in [0.29, 0.717) is 0 Å². The maximum atomic E-state index is 11.4. The summed E-state index contributed by atoms with van der Waals surface area (Å²) in [6.07, 6.45) is 1.84. The third kappa shape index (κ3) is 2.16. The van der Waals surface area contributed by atoms with Crippen LogP contribution in [-0.4, -0.2) is 5.52 Å². The molecule has 1 rings (SSSR count). The third-order valence-corrected chi connectivity index (χ3v) is 2.53. The molecule has 13 heavy (non-hydrogen) atoms. The molecule has 0 aliphatic carbocycles. The van der Waals surface area contributed by atoms with Gasteiger partial charge in [0.15, 0.2) is 5.52 Å². The summed E-state index contributed by atoms with van der Waals surface area (Å²) in [5, 5.41) is 0. The normalized spacial score (nSPS) is 10.1. The van der Waals surface area contributed by atoms with E-state index in [2.05, 4.69) is 23.1 Å². The molecular weight excluding hydrogens is 179 g/mol. The Labute approximate surface area is 81.7 Å². The van der Waals surface area contributed by atoms with Crippen molar-refractivity contribution in [2.24, 2.45) is 0 Å². The molecule has 1 atom stereocenters. The first kappa shape index (κ1) is 10.4. The van der Waals surface area contributed by atoms with Gasteiger partial charge >= 0.3 is 0 Å². The van der Waals surface area contributed by atoms with Gasteiger partial charge in [0.25, 0.3) is 0 Å². The zero-order valence-corrected chi connectivity index (χ0v) is 9.29. The molecule has 0 heterocycles. The zero-order chi connectivity index (χ0) is 9.84. The Balaban J connectivity index is 3.29. The van der Waals surface area contributed by atoms with Crippen LogP contribution in [-0.2, 0) is 12.8 Å². The van der Waals surface area contributed by atoms with Crippen LogP contribution in [0.1, 0.15) is 35.3 Å². The summed E-state index contributed by atoms with van der Waals surface area (Å²) in [5.74, 6) is 0. The van der Waals surface area contributed by atoms with Crippen molar-refractivity contribution in [1.82, 2.24) is 0 Å². The van der Waals surface area contributed by atoms with Crippen molar-refractivity contribution in [3.05, 3.63) is 34.9 Å². The largest absolute Gasteiger partial charge is 0.290 e. The molecule has 0 saturated carbocycles. The highest BCUT2D eigenvalue weighted by molar-refractivity contribution is 7.41. The first-order chi connectivity index (χ1) is 6.20. The van der Waals surface area contributed by atoms with Crippen LogP contribution in [0.3, 0.4) is 0 Å². The van der Waals surface area contributed by atoms with Gasteiger partial charge in [-0.05, 0) is 24.0 Å². The lowest BCUT2D eigenvalue weighted by molar-refractivity contribution is 0.108.